The molecule has 0 spiro atoms. The molecule has 0 saturated heterocycles. The Balaban J connectivity index is 2.61. The van der Waals surface area contributed by atoms with Crippen molar-refractivity contribution in [3.05, 3.63) is 0 Å². The monoisotopic (exact) mass is 228 g/mol. The van der Waals surface area contributed by atoms with Gasteiger partial charge < -0.3 is 15.7 Å². The molecule has 3 unspecified atom stereocenters. The number of hydrogen-bond acceptors (Lipinski definition) is 3. The van der Waals surface area contributed by atoms with E-state index in [4.69, 9.17) is 5.73 Å². The molecule has 4 nitrogen and oxygen atoms in total. The second-order valence-corrected chi connectivity index (χ2v) is 5.14. The van der Waals surface area contributed by atoms with E-state index in [1.165, 1.54) is 0 Å². The molecule has 1 aliphatic rings. The van der Waals surface area contributed by atoms with Crippen LogP contribution in [0.25, 0.3) is 0 Å². The second-order valence-electron chi connectivity index (χ2n) is 5.14. The first-order valence-corrected chi connectivity index (χ1v) is 6.15. The molecule has 4 heteroatoms. The second kappa shape index (κ2) is 5.64. The summed E-state index contributed by atoms with van der Waals surface area (Å²) in [6.07, 6.45) is 3.42. The fourth-order valence-electron chi connectivity index (χ4n) is 2.23. The Morgan fingerprint density at radius 1 is 1.38 bits per heavy atom. The maximum absolute atomic E-state index is 12.0. The number of nitrogens with two attached hydrogens (primary N) is 1. The van der Waals surface area contributed by atoms with Crippen LogP contribution in [0.4, 0.5) is 0 Å². The van der Waals surface area contributed by atoms with E-state index < -0.39 is 6.04 Å². The molecular weight excluding hydrogens is 204 g/mol. The Morgan fingerprint density at radius 2 is 1.94 bits per heavy atom. The summed E-state index contributed by atoms with van der Waals surface area (Å²) in [5.41, 5.74) is 5.84. The Labute approximate surface area is 97.8 Å². The minimum Gasteiger partial charge on any atom is -0.391 e. The van der Waals surface area contributed by atoms with Crippen molar-refractivity contribution < 1.29 is 9.90 Å². The SMILES string of the molecule is CC(C)C(N)C(=O)N(C)C1CCCCC1O. The van der Waals surface area contributed by atoms with Gasteiger partial charge in [0.15, 0.2) is 0 Å². The Hall–Kier alpha value is -0.610. The lowest BCUT2D eigenvalue weighted by atomic mass is 9.91. The molecule has 0 aromatic heterocycles. The van der Waals surface area contributed by atoms with E-state index in [2.05, 4.69) is 0 Å². The molecule has 0 aliphatic heterocycles. The van der Waals surface area contributed by atoms with E-state index in [0.29, 0.717) is 0 Å². The molecule has 1 amide bonds. The van der Waals surface area contributed by atoms with Crippen molar-refractivity contribution in [2.75, 3.05) is 7.05 Å². The number of nitrogens with zero attached hydrogens (tertiary/aromatic N) is 1. The first-order chi connectivity index (χ1) is 7.45. The van der Waals surface area contributed by atoms with Crippen LogP contribution in [-0.2, 0) is 4.79 Å². The Kier molecular flexibility index (Phi) is 4.74. The van der Waals surface area contributed by atoms with E-state index in [1.54, 1.807) is 11.9 Å². The first kappa shape index (κ1) is 13.5. The summed E-state index contributed by atoms with van der Waals surface area (Å²) >= 11 is 0. The van der Waals surface area contributed by atoms with Gasteiger partial charge in [0.1, 0.15) is 0 Å². The average Bonchev–Trinajstić information content (AvgIpc) is 2.26. The number of carbonyl (C=O) groups excluding carboxylic acids is 1. The van der Waals surface area contributed by atoms with E-state index in [0.717, 1.165) is 25.7 Å². The summed E-state index contributed by atoms with van der Waals surface area (Å²) in [6, 6.07) is -0.509. The number of amides is 1. The molecule has 1 aliphatic carbocycles. The molecule has 1 rings (SSSR count). The smallest absolute Gasteiger partial charge is 0.239 e. The zero-order chi connectivity index (χ0) is 12.3. The molecule has 1 saturated carbocycles. The zero-order valence-corrected chi connectivity index (χ0v) is 10.5. The highest BCUT2D eigenvalue weighted by Gasteiger charge is 2.32. The lowest BCUT2D eigenvalue weighted by Crippen LogP contribution is -2.53. The fourth-order valence-corrected chi connectivity index (χ4v) is 2.23. The quantitative estimate of drug-likeness (QED) is 0.748. The molecule has 0 bridgehead atoms. The van der Waals surface area contributed by atoms with Gasteiger partial charge in [0.25, 0.3) is 0 Å². The zero-order valence-electron chi connectivity index (χ0n) is 10.5. The average molecular weight is 228 g/mol. The number of likely N-dealkylation sites (N-methyl/N-ethyl adjacent to an activating group) is 1. The van der Waals surface area contributed by atoms with Gasteiger partial charge in [-0.25, -0.2) is 0 Å². The van der Waals surface area contributed by atoms with E-state index >= 15 is 0 Å². The normalized spacial score (nSPS) is 27.9. The van der Waals surface area contributed by atoms with E-state index in [-0.39, 0.29) is 24.0 Å². The molecule has 1 fully saturated rings. The van der Waals surface area contributed by atoms with Crippen LogP contribution in [0.5, 0.6) is 0 Å². The van der Waals surface area contributed by atoms with Gasteiger partial charge in [-0.05, 0) is 18.8 Å². The molecule has 3 N–H and O–H groups in total. The predicted molar refractivity (Wildman–Crippen MR) is 63.8 cm³/mol. The number of aliphatic hydroxyl groups excluding tert-OH is 1. The molecule has 0 radical (unpaired) electrons. The number of carbonyl (C=O) groups is 1. The van der Waals surface area contributed by atoms with Gasteiger partial charge in [-0.2, -0.15) is 0 Å². The van der Waals surface area contributed by atoms with Crippen molar-refractivity contribution in [2.24, 2.45) is 11.7 Å². The van der Waals surface area contributed by atoms with E-state index in [9.17, 15) is 9.90 Å². The molecule has 3 atom stereocenters. The molecular formula is C12H24N2O2. The maximum Gasteiger partial charge on any atom is 0.239 e. The van der Waals surface area contributed by atoms with Crippen molar-refractivity contribution in [1.29, 1.82) is 0 Å². The molecule has 16 heavy (non-hydrogen) atoms. The van der Waals surface area contributed by atoms with Crippen LogP contribution in [0.1, 0.15) is 39.5 Å². The van der Waals surface area contributed by atoms with Crippen molar-refractivity contribution in [3.8, 4) is 0 Å². The van der Waals surface area contributed by atoms with Crippen molar-refractivity contribution >= 4 is 5.91 Å². The van der Waals surface area contributed by atoms with Gasteiger partial charge in [-0.1, -0.05) is 26.7 Å². The third-order valence-electron chi connectivity index (χ3n) is 3.54. The molecule has 0 heterocycles. The number of rotatable bonds is 3. The summed E-state index contributed by atoms with van der Waals surface area (Å²) < 4.78 is 0. The summed E-state index contributed by atoms with van der Waals surface area (Å²) in [5, 5.41) is 9.87. The van der Waals surface area contributed by atoms with Crippen LogP contribution in [0, 0.1) is 5.92 Å². The third kappa shape index (κ3) is 2.95. The summed E-state index contributed by atoms with van der Waals surface area (Å²) in [6.45, 7) is 3.88. The van der Waals surface area contributed by atoms with Gasteiger partial charge in [-0.3, -0.25) is 4.79 Å². The van der Waals surface area contributed by atoms with Crippen molar-refractivity contribution in [3.63, 3.8) is 0 Å². The van der Waals surface area contributed by atoms with Crippen LogP contribution in [0.2, 0.25) is 0 Å². The highest BCUT2D eigenvalue weighted by molar-refractivity contribution is 5.82. The van der Waals surface area contributed by atoms with E-state index in [1.807, 2.05) is 13.8 Å². The van der Waals surface area contributed by atoms with Gasteiger partial charge in [-0.15, -0.1) is 0 Å². The summed E-state index contributed by atoms with van der Waals surface area (Å²) in [4.78, 5) is 13.7. The highest BCUT2D eigenvalue weighted by Crippen LogP contribution is 2.23. The highest BCUT2D eigenvalue weighted by atomic mass is 16.3. The topological polar surface area (TPSA) is 66.6 Å². The van der Waals surface area contributed by atoms with Crippen LogP contribution in [0.15, 0.2) is 0 Å². The number of aliphatic hydroxyl groups is 1. The lowest BCUT2D eigenvalue weighted by molar-refractivity contribution is -0.137. The van der Waals surface area contributed by atoms with Crippen molar-refractivity contribution in [2.45, 2.75) is 57.7 Å². The Bertz CT molecular complexity index is 243. The molecule has 94 valence electrons. The third-order valence-corrected chi connectivity index (χ3v) is 3.54. The number of hydrogen-bond donors (Lipinski definition) is 2. The van der Waals surface area contributed by atoms with Gasteiger partial charge >= 0.3 is 0 Å². The summed E-state index contributed by atoms with van der Waals surface area (Å²) in [5.74, 6) is 0.0802. The minimum absolute atomic E-state index is 0.0500. The van der Waals surface area contributed by atoms with Gasteiger partial charge in [0, 0.05) is 7.05 Å². The maximum atomic E-state index is 12.0. The van der Waals surface area contributed by atoms with Gasteiger partial charge in [0.2, 0.25) is 5.91 Å². The fraction of sp³-hybridized carbons (Fsp3) is 0.917. The van der Waals surface area contributed by atoms with Gasteiger partial charge in [0.05, 0.1) is 18.2 Å². The Morgan fingerprint density at radius 3 is 2.44 bits per heavy atom. The van der Waals surface area contributed by atoms with Crippen LogP contribution in [0.3, 0.4) is 0 Å². The minimum atomic E-state index is -0.459. The largest absolute Gasteiger partial charge is 0.391 e. The summed E-state index contributed by atoms with van der Waals surface area (Å²) in [7, 11) is 1.75. The van der Waals surface area contributed by atoms with Crippen LogP contribution in [-0.4, -0.2) is 41.1 Å². The van der Waals surface area contributed by atoms with Crippen LogP contribution < -0.4 is 5.73 Å². The predicted octanol–water partition coefficient (Wildman–Crippen LogP) is 0.732. The molecule has 0 aromatic carbocycles. The van der Waals surface area contributed by atoms with Crippen molar-refractivity contribution in [1.82, 2.24) is 4.90 Å². The van der Waals surface area contributed by atoms with Crippen LogP contribution >= 0.6 is 0 Å². The lowest BCUT2D eigenvalue weighted by Gasteiger charge is -2.36. The first-order valence-electron chi connectivity index (χ1n) is 6.15. The standard InChI is InChI=1S/C12H24N2O2/c1-8(2)11(13)12(16)14(3)9-6-4-5-7-10(9)15/h8-11,15H,4-7,13H2,1-3H3. The molecule has 0 aromatic rings.